The molecular formula is C10H23NO4S. The lowest BCUT2D eigenvalue weighted by molar-refractivity contribution is 0.0547. The van der Waals surface area contributed by atoms with Gasteiger partial charge in [0.1, 0.15) is 9.84 Å². The molecule has 1 unspecified atom stereocenters. The molecule has 0 bridgehead atoms. The Morgan fingerprint density at radius 1 is 1.44 bits per heavy atom. The van der Waals surface area contributed by atoms with Gasteiger partial charge in [-0.2, -0.15) is 0 Å². The van der Waals surface area contributed by atoms with Gasteiger partial charge in [0.2, 0.25) is 0 Å². The molecule has 0 fully saturated rings. The van der Waals surface area contributed by atoms with Crippen molar-refractivity contribution in [2.45, 2.75) is 25.9 Å². The predicted octanol–water partition coefficient (Wildman–Crippen LogP) is -0.202. The van der Waals surface area contributed by atoms with Crippen LogP contribution in [0.15, 0.2) is 0 Å². The van der Waals surface area contributed by atoms with Crippen LogP contribution in [-0.4, -0.2) is 57.4 Å². The standard InChI is InChI=1S/C10H23NO4S/c1-4-16(13,14)8-5-10(2,12)9-11-6-7-15-3/h11-12H,4-9H2,1-3H3. The van der Waals surface area contributed by atoms with E-state index in [1.807, 2.05) is 0 Å². The Bertz CT molecular complexity index is 275. The number of methoxy groups -OCH3 is 1. The SMILES string of the molecule is CCS(=O)(=O)CCC(C)(O)CNCCOC. The molecule has 6 heteroatoms. The number of nitrogens with one attached hydrogen (secondary N) is 1. The molecule has 0 aliphatic rings. The van der Waals surface area contributed by atoms with Crippen LogP contribution in [-0.2, 0) is 14.6 Å². The number of ether oxygens (including phenoxy) is 1. The number of sulfone groups is 1. The van der Waals surface area contributed by atoms with Crippen LogP contribution in [0.4, 0.5) is 0 Å². The number of hydrogen-bond acceptors (Lipinski definition) is 5. The average Bonchev–Trinajstić information content (AvgIpc) is 2.22. The summed E-state index contributed by atoms with van der Waals surface area (Å²) >= 11 is 0. The van der Waals surface area contributed by atoms with E-state index in [4.69, 9.17) is 4.74 Å². The lowest BCUT2D eigenvalue weighted by Gasteiger charge is -2.23. The molecule has 16 heavy (non-hydrogen) atoms. The van der Waals surface area contributed by atoms with E-state index in [2.05, 4.69) is 5.32 Å². The molecule has 0 amide bonds. The molecule has 0 saturated carbocycles. The molecule has 5 nitrogen and oxygen atoms in total. The van der Waals surface area contributed by atoms with E-state index < -0.39 is 15.4 Å². The summed E-state index contributed by atoms with van der Waals surface area (Å²) in [6.45, 7) is 4.84. The van der Waals surface area contributed by atoms with Gasteiger partial charge < -0.3 is 15.2 Å². The summed E-state index contributed by atoms with van der Waals surface area (Å²) in [5.74, 6) is 0.155. The van der Waals surface area contributed by atoms with Gasteiger partial charge in [-0.05, 0) is 13.3 Å². The van der Waals surface area contributed by atoms with Crippen LogP contribution in [0.25, 0.3) is 0 Å². The van der Waals surface area contributed by atoms with Crippen LogP contribution in [0.2, 0.25) is 0 Å². The van der Waals surface area contributed by atoms with Gasteiger partial charge in [0, 0.05) is 26.0 Å². The van der Waals surface area contributed by atoms with E-state index in [1.54, 1.807) is 21.0 Å². The first-order valence-electron chi connectivity index (χ1n) is 5.45. The molecule has 0 heterocycles. The number of hydrogen-bond donors (Lipinski definition) is 2. The summed E-state index contributed by atoms with van der Waals surface area (Å²) in [5.41, 5.74) is -0.990. The van der Waals surface area contributed by atoms with Crippen molar-refractivity contribution in [1.29, 1.82) is 0 Å². The molecule has 0 saturated heterocycles. The Labute approximate surface area is 98.1 Å². The lowest BCUT2D eigenvalue weighted by atomic mass is 10.0. The molecule has 0 aromatic heterocycles. The Balaban J connectivity index is 3.87. The van der Waals surface area contributed by atoms with Gasteiger partial charge >= 0.3 is 0 Å². The second-order valence-electron chi connectivity index (χ2n) is 4.15. The van der Waals surface area contributed by atoms with Crippen molar-refractivity contribution in [3.8, 4) is 0 Å². The quantitative estimate of drug-likeness (QED) is 0.557. The molecule has 0 aromatic carbocycles. The van der Waals surface area contributed by atoms with E-state index in [1.165, 1.54) is 0 Å². The summed E-state index contributed by atoms with van der Waals surface area (Å²) in [7, 11) is -1.40. The molecule has 98 valence electrons. The maximum Gasteiger partial charge on any atom is 0.150 e. The molecule has 0 aliphatic heterocycles. The zero-order valence-electron chi connectivity index (χ0n) is 10.3. The van der Waals surface area contributed by atoms with Gasteiger partial charge in [0.05, 0.1) is 18.0 Å². The minimum atomic E-state index is -3.00. The van der Waals surface area contributed by atoms with Crippen LogP contribution < -0.4 is 5.32 Å². The lowest BCUT2D eigenvalue weighted by Crippen LogP contribution is -2.40. The summed E-state index contributed by atoms with van der Waals surface area (Å²) < 4.78 is 27.4. The van der Waals surface area contributed by atoms with Crippen molar-refractivity contribution in [3.05, 3.63) is 0 Å². The van der Waals surface area contributed by atoms with E-state index >= 15 is 0 Å². The molecular weight excluding hydrogens is 230 g/mol. The number of rotatable bonds is 9. The van der Waals surface area contributed by atoms with Crippen LogP contribution in [0.1, 0.15) is 20.3 Å². The fourth-order valence-electron chi connectivity index (χ4n) is 1.14. The van der Waals surface area contributed by atoms with Crippen molar-refractivity contribution >= 4 is 9.84 Å². The highest BCUT2D eigenvalue weighted by Gasteiger charge is 2.22. The third-order valence-electron chi connectivity index (χ3n) is 2.38. The zero-order valence-corrected chi connectivity index (χ0v) is 11.1. The largest absolute Gasteiger partial charge is 0.389 e. The molecule has 2 N–H and O–H groups in total. The van der Waals surface area contributed by atoms with Crippen molar-refractivity contribution in [2.24, 2.45) is 0 Å². The minimum absolute atomic E-state index is 0.0302. The molecule has 1 atom stereocenters. The molecule has 0 rings (SSSR count). The highest BCUT2D eigenvalue weighted by Crippen LogP contribution is 2.10. The first-order chi connectivity index (χ1) is 7.33. The van der Waals surface area contributed by atoms with Crippen molar-refractivity contribution in [3.63, 3.8) is 0 Å². The topological polar surface area (TPSA) is 75.6 Å². The number of aliphatic hydroxyl groups is 1. The molecule has 0 radical (unpaired) electrons. The summed E-state index contributed by atoms with van der Waals surface area (Å²) in [6, 6.07) is 0. The van der Waals surface area contributed by atoms with Gasteiger partial charge in [-0.3, -0.25) is 0 Å². The smallest absolute Gasteiger partial charge is 0.150 e. The van der Waals surface area contributed by atoms with Crippen LogP contribution in [0.5, 0.6) is 0 Å². The first-order valence-corrected chi connectivity index (χ1v) is 7.27. The Hall–Kier alpha value is -0.170. The first kappa shape index (κ1) is 15.8. The predicted molar refractivity (Wildman–Crippen MR) is 64.3 cm³/mol. The van der Waals surface area contributed by atoms with Gasteiger partial charge in [-0.1, -0.05) is 6.92 Å². The normalized spacial score (nSPS) is 16.0. The highest BCUT2D eigenvalue weighted by atomic mass is 32.2. The monoisotopic (exact) mass is 253 g/mol. The Morgan fingerprint density at radius 3 is 2.56 bits per heavy atom. The van der Waals surface area contributed by atoms with Crippen LogP contribution >= 0.6 is 0 Å². The van der Waals surface area contributed by atoms with Crippen molar-refractivity contribution < 1.29 is 18.3 Å². The summed E-state index contributed by atoms with van der Waals surface area (Å²) in [4.78, 5) is 0. The Morgan fingerprint density at radius 2 is 2.06 bits per heavy atom. The molecule has 0 aromatic rings. The van der Waals surface area contributed by atoms with Gasteiger partial charge in [0.15, 0.2) is 0 Å². The second-order valence-corrected chi connectivity index (χ2v) is 6.63. The third-order valence-corrected chi connectivity index (χ3v) is 4.09. The van der Waals surface area contributed by atoms with Crippen LogP contribution in [0.3, 0.4) is 0 Å². The van der Waals surface area contributed by atoms with Gasteiger partial charge in [-0.25, -0.2) is 8.42 Å². The fourth-order valence-corrected chi connectivity index (χ4v) is 2.18. The van der Waals surface area contributed by atoms with E-state index in [0.717, 1.165) is 0 Å². The average molecular weight is 253 g/mol. The van der Waals surface area contributed by atoms with E-state index in [-0.39, 0.29) is 17.9 Å². The van der Waals surface area contributed by atoms with Crippen molar-refractivity contribution in [1.82, 2.24) is 5.32 Å². The van der Waals surface area contributed by atoms with Gasteiger partial charge in [0.25, 0.3) is 0 Å². The minimum Gasteiger partial charge on any atom is -0.389 e. The van der Waals surface area contributed by atoms with Gasteiger partial charge in [-0.15, -0.1) is 0 Å². The van der Waals surface area contributed by atoms with E-state index in [9.17, 15) is 13.5 Å². The molecule has 0 spiro atoms. The summed E-state index contributed by atoms with van der Waals surface area (Å²) in [6.07, 6.45) is 0.253. The fraction of sp³-hybridized carbons (Fsp3) is 1.00. The third kappa shape index (κ3) is 8.04. The maximum absolute atomic E-state index is 11.3. The second kappa shape index (κ2) is 7.21. The van der Waals surface area contributed by atoms with E-state index in [0.29, 0.717) is 19.7 Å². The Kier molecular flexibility index (Phi) is 7.14. The highest BCUT2D eigenvalue weighted by molar-refractivity contribution is 7.91. The van der Waals surface area contributed by atoms with Crippen LogP contribution in [0, 0.1) is 0 Å². The maximum atomic E-state index is 11.3. The van der Waals surface area contributed by atoms with Crippen molar-refractivity contribution in [2.75, 3.05) is 38.3 Å². The molecule has 0 aliphatic carbocycles. The zero-order chi connectivity index (χ0) is 12.7. The summed E-state index contributed by atoms with van der Waals surface area (Å²) in [5, 5.41) is 12.9.